The van der Waals surface area contributed by atoms with Crippen molar-refractivity contribution >= 4 is 27.7 Å². The lowest BCUT2D eigenvalue weighted by molar-refractivity contribution is -0.121. The molecule has 0 aliphatic carbocycles. The van der Waals surface area contributed by atoms with Crippen molar-refractivity contribution in [2.75, 3.05) is 26.3 Å². The monoisotopic (exact) mass is 463 g/mol. The van der Waals surface area contributed by atoms with Crippen LogP contribution in [0.1, 0.15) is 38.3 Å². The van der Waals surface area contributed by atoms with Crippen LogP contribution in [0.3, 0.4) is 0 Å². The van der Waals surface area contributed by atoms with Crippen molar-refractivity contribution in [3.05, 3.63) is 54.2 Å². The summed E-state index contributed by atoms with van der Waals surface area (Å²) in [6, 6.07) is 13.1. The molecule has 1 aromatic heterocycles. The Kier molecular flexibility index (Phi) is 8.48. The summed E-state index contributed by atoms with van der Waals surface area (Å²) in [5.74, 6) is -0.0703. The second-order valence-electron chi connectivity index (χ2n) is 7.37. The molecule has 31 heavy (non-hydrogen) atoms. The maximum Gasteiger partial charge on any atom is 0.244 e. The lowest BCUT2D eigenvalue weighted by Crippen LogP contribution is -2.40. The molecule has 0 bridgehead atoms. The number of carbonyl (C=O) groups is 1. The van der Waals surface area contributed by atoms with E-state index in [1.807, 2.05) is 37.3 Å². The molecule has 2 atom stereocenters. The van der Waals surface area contributed by atoms with Crippen molar-refractivity contribution in [1.29, 1.82) is 0 Å². The summed E-state index contributed by atoms with van der Waals surface area (Å²) in [6.45, 7) is 5.40. The lowest BCUT2D eigenvalue weighted by Gasteiger charge is -2.25. The fourth-order valence-electron chi connectivity index (χ4n) is 3.34. The van der Waals surface area contributed by atoms with Crippen LogP contribution in [-0.2, 0) is 19.6 Å². The first-order valence-electron chi connectivity index (χ1n) is 10.5. The predicted octanol–water partition coefficient (Wildman–Crippen LogP) is 3.24. The highest BCUT2D eigenvalue weighted by Gasteiger charge is 2.27. The lowest BCUT2D eigenvalue weighted by atomic mass is 10.0. The molecule has 7 nitrogen and oxygen atoms in total. The molecule has 1 fully saturated rings. The molecule has 9 heteroatoms. The van der Waals surface area contributed by atoms with Crippen molar-refractivity contribution in [3.63, 3.8) is 0 Å². The van der Waals surface area contributed by atoms with Gasteiger partial charge in [-0.05, 0) is 31.0 Å². The number of thioether (sulfide) groups is 1. The van der Waals surface area contributed by atoms with Crippen molar-refractivity contribution in [1.82, 2.24) is 14.6 Å². The molecule has 0 unspecified atom stereocenters. The number of pyridine rings is 1. The van der Waals surface area contributed by atoms with Crippen LogP contribution in [0.25, 0.3) is 0 Å². The smallest absolute Gasteiger partial charge is 0.244 e. The maximum absolute atomic E-state index is 12.8. The Labute approximate surface area is 188 Å². The summed E-state index contributed by atoms with van der Waals surface area (Å²) >= 11 is 1.31. The first-order valence-corrected chi connectivity index (χ1v) is 12.8. The Morgan fingerprint density at radius 1 is 1.19 bits per heavy atom. The summed E-state index contributed by atoms with van der Waals surface area (Å²) in [7, 11) is -3.57. The molecule has 0 spiro atoms. The number of rotatable bonds is 9. The van der Waals surface area contributed by atoms with Crippen LogP contribution in [0.5, 0.6) is 0 Å². The van der Waals surface area contributed by atoms with Crippen molar-refractivity contribution in [2.45, 2.75) is 47.9 Å². The average molecular weight is 464 g/mol. The fraction of sp³-hybridized carbons (Fsp3) is 0.455. The molecule has 1 aromatic carbocycles. The minimum atomic E-state index is -3.57. The third-order valence-corrected chi connectivity index (χ3v) is 8.01. The number of amides is 1. The highest BCUT2D eigenvalue weighted by atomic mass is 32.2. The number of morpholine rings is 1. The number of hydrogen-bond acceptors (Lipinski definition) is 6. The second kappa shape index (κ2) is 11.1. The van der Waals surface area contributed by atoms with Gasteiger partial charge in [0.05, 0.1) is 29.5 Å². The Bertz CT molecular complexity index is 946. The summed E-state index contributed by atoms with van der Waals surface area (Å²) < 4.78 is 32.0. The quantitative estimate of drug-likeness (QED) is 0.575. The van der Waals surface area contributed by atoms with E-state index < -0.39 is 10.0 Å². The molecule has 2 heterocycles. The number of sulfonamides is 1. The molecule has 2 aromatic rings. The minimum absolute atomic E-state index is 0.0317. The maximum atomic E-state index is 12.8. The molecule has 1 N–H and O–H groups in total. The number of carbonyl (C=O) groups excluding carboxylic acids is 1. The minimum Gasteiger partial charge on any atom is -0.379 e. The summed E-state index contributed by atoms with van der Waals surface area (Å²) in [4.78, 5) is 17.2. The van der Waals surface area contributed by atoms with Gasteiger partial charge in [0, 0.05) is 19.3 Å². The molecule has 0 saturated carbocycles. The zero-order chi connectivity index (χ0) is 22.3. The van der Waals surface area contributed by atoms with Gasteiger partial charge >= 0.3 is 0 Å². The Hall–Kier alpha value is -1.94. The number of nitrogens with zero attached hydrogens (tertiary/aromatic N) is 2. The van der Waals surface area contributed by atoms with Gasteiger partial charge in [-0.2, -0.15) is 4.31 Å². The van der Waals surface area contributed by atoms with Gasteiger partial charge in [-0.25, -0.2) is 13.4 Å². The highest BCUT2D eigenvalue weighted by Crippen LogP contribution is 2.25. The number of hydrogen-bond donors (Lipinski definition) is 1. The topological polar surface area (TPSA) is 88.6 Å². The van der Waals surface area contributed by atoms with E-state index in [4.69, 9.17) is 4.74 Å². The SMILES string of the molecule is CCC[C@H](NC(=O)[C@H](C)Sc1ccc(S(=O)(=O)N2CCOCC2)cn1)c1ccccc1. The predicted molar refractivity (Wildman–Crippen MR) is 121 cm³/mol. The summed E-state index contributed by atoms with van der Waals surface area (Å²) in [5.41, 5.74) is 1.09. The molecule has 168 valence electrons. The van der Waals surface area contributed by atoms with E-state index in [0.29, 0.717) is 31.3 Å². The number of ether oxygens (including phenoxy) is 1. The highest BCUT2D eigenvalue weighted by molar-refractivity contribution is 8.00. The van der Waals surface area contributed by atoms with Gasteiger partial charge in [0.2, 0.25) is 15.9 Å². The van der Waals surface area contributed by atoms with E-state index >= 15 is 0 Å². The van der Waals surface area contributed by atoms with Gasteiger partial charge in [-0.1, -0.05) is 55.4 Å². The van der Waals surface area contributed by atoms with Gasteiger partial charge in [-0.15, -0.1) is 0 Å². The third kappa shape index (κ3) is 6.29. The molecule has 1 aliphatic rings. The van der Waals surface area contributed by atoms with Crippen LogP contribution in [0.15, 0.2) is 58.6 Å². The largest absolute Gasteiger partial charge is 0.379 e. The van der Waals surface area contributed by atoms with E-state index in [1.54, 1.807) is 12.1 Å². The Balaban J connectivity index is 1.62. The van der Waals surface area contributed by atoms with E-state index in [-0.39, 0.29) is 22.1 Å². The van der Waals surface area contributed by atoms with Crippen molar-refractivity contribution in [3.8, 4) is 0 Å². The molecule has 3 rings (SSSR count). The normalized spacial score (nSPS) is 17.1. The summed E-state index contributed by atoms with van der Waals surface area (Å²) in [5, 5.41) is 3.37. The Morgan fingerprint density at radius 3 is 2.52 bits per heavy atom. The molecule has 1 aliphatic heterocycles. The molecular formula is C22H29N3O4S2. The van der Waals surface area contributed by atoms with E-state index in [2.05, 4.69) is 17.2 Å². The zero-order valence-electron chi connectivity index (χ0n) is 17.9. The van der Waals surface area contributed by atoms with Crippen molar-refractivity contribution in [2.24, 2.45) is 0 Å². The Morgan fingerprint density at radius 2 is 1.90 bits per heavy atom. The van der Waals surface area contributed by atoms with Gasteiger partial charge < -0.3 is 10.1 Å². The van der Waals surface area contributed by atoms with Crippen LogP contribution in [0.4, 0.5) is 0 Å². The van der Waals surface area contributed by atoms with Gasteiger partial charge in [0.15, 0.2) is 0 Å². The standard InChI is InChI=1S/C22H29N3O4S2/c1-3-7-20(18-8-5-4-6-9-18)24-22(26)17(2)30-21-11-10-19(16-23-21)31(27,28)25-12-14-29-15-13-25/h4-6,8-11,16-17,20H,3,7,12-15H2,1-2H3,(H,24,26)/t17-,20-/m0/s1. The number of benzene rings is 1. The van der Waals surface area contributed by atoms with Gasteiger partial charge in [0.25, 0.3) is 0 Å². The van der Waals surface area contributed by atoms with Crippen LogP contribution in [0.2, 0.25) is 0 Å². The fourth-order valence-corrected chi connectivity index (χ4v) is 5.50. The number of nitrogens with one attached hydrogen (secondary N) is 1. The molecule has 1 saturated heterocycles. The van der Waals surface area contributed by atoms with Crippen LogP contribution in [0, 0.1) is 0 Å². The van der Waals surface area contributed by atoms with Gasteiger partial charge in [-0.3, -0.25) is 4.79 Å². The second-order valence-corrected chi connectivity index (χ2v) is 10.7. The first-order chi connectivity index (χ1) is 14.9. The molecule has 0 radical (unpaired) electrons. The van der Waals surface area contributed by atoms with Crippen molar-refractivity contribution < 1.29 is 17.9 Å². The van der Waals surface area contributed by atoms with E-state index in [0.717, 1.165) is 18.4 Å². The zero-order valence-corrected chi connectivity index (χ0v) is 19.5. The average Bonchev–Trinajstić information content (AvgIpc) is 2.80. The number of aromatic nitrogens is 1. The van der Waals surface area contributed by atoms with E-state index in [1.165, 1.54) is 22.3 Å². The summed E-state index contributed by atoms with van der Waals surface area (Å²) in [6.07, 6.45) is 3.18. The van der Waals surface area contributed by atoms with Gasteiger partial charge in [0.1, 0.15) is 4.90 Å². The first kappa shape index (κ1) is 23.7. The molecular weight excluding hydrogens is 434 g/mol. The van der Waals surface area contributed by atoms with Crippen LogP contribution < -0.4 is 5.32 Å². The van der Waals surface area contributed by atoms with Crippen LogP contribution >= 0.6 is 11.8 Å². The van der Waals surface area contributed by atoms with Crippen LogP contribution in [-0.4, -0.2) is 55.2 Å². The third-order valence-electron chi connectivity index (χ3n) is 5.08. The van der Waals surface area contributed by atoms with E-state index in [9.17, 15) is 13.2 Å². The molecule has 1 amide bonds.